The zero-order valence-corrected chi connectivity index (χ0v) is 9.18. The largest absolute Gasteiger partial charge is 0.340 e. The maximum Gasteiger partial charge on any atom is 0.272 e. The lowest BCUT2D eigenvalue weighted by molar-refractivity contribution is 0.0783. The summed E-state index contributed by atoms with van der Waals surface area (Å²) in [5.41, 5.74) is 0.878. The van der Waals surface area contributed by atoms with E-state index in [1.165, 1.54) is 19.0 Å². The highest BCUT2D eigenvalue weighted by Crippen LogP contribution is 2.29. The zero-order chi connectivity index (χ0) is 11.5. The van der Waals surface area contributed by atoms with Crippen LogP contribution in [0.4, 0.5) is 0 Å². The fourth-order valence-corrected chi connectivity index (χ4v) is 1.55. The van der Waals surface area contributed by atoms with Crippen molar-refractivity contribution in [2.24, 2.45) is 5.92 Å². The molecule has 1 saturated carbocycles. The maximum absolute atomic E-state index is 11.9. The van der Waals surface area contributed by atoms with Crippen molar-refractivity contribution >= 4 is 5.91 Å². The van der Waals surface area contributed by atoms with Gasteiger partial charge in [0.15, 0.2) is 0 Å². The zero-order valence-electron chi connectivity index (χ0n) is 9.18. The smallest absolute Gasteiger partial charge is 0.272 e. The van der Waals surface area contributed by atoms with E-state index in [4.69, 9.17) is 5.26 Å². The first-order valence-corrected chi connectivity index (χ1v) is 5.32. The summed E-state index contributed by atoms with van der Waals surface area (Å²) in [7, 11) is 1.79. The molecule has 1 fully saturated rings. The van der Waals surface area contributed by atoms with E-state index in [-0.39, 0.29) is 5.91 Å². The van der Waals surface area contributed by atoms with Gasteiger partial charge in [-0.1, -0.05) is 0 Å². The van der Waals surface area contributed by atoms with E-state index < -0.39 is 0 Å². The molecule has 0 aliphatic heterocycles. The van der Waals surface area contributed by atoms with Crippen molar-refractivity contribution in [3.63, 3.8) is 0 Å². The number of carbonyl (C=O) groups is 1. The molecule has 4 heteroatoms. The minimum atomic E-state index is -0.0728. The van der Waals surface area contributed by atoms with Gasteiger partial charge in [-0.3, -0.25) is 4.79 Å². The molecule has 4 nitrogen and oxygen atoms in total. The second-order valence-corrected chi connectivity index (χ2v) is 4.17. The molecule has 0 spiro atoms. The standard InChI is InChI=1S/C12H13N3O/c1-15(8-9-2-3-9)12(16)11-5-4-10(6-13)7-14-11/h4-5,7,9H,2-3,8H2,1H3. The van der Waals surface area contributed by atoms with Crippen LogP contribution in [0.15, 0.2) is 18.3 Å². The molecule has 1 aliphatic carbocycles. The van der Waals surface area contributed by atoms with Crippen LogP contribution < -0.4 is 0 Å². The van der Waals surface area contributed by atoms with E-state index >= 15 is 0 Å². The molecule has 1 heterocycles. The quantitative estimate of drug-likeness (QED) is 0.766. The van der Waals surface area contributed by atoms with Gasteiger partial charge >= 0.3 is 0 Å². The van der Waals surface area contributed by atoms with Crippen LogP contribution in [0, 0.1) is 17.2 Å². The topological polar surface area (TPSA) is 57.0 Å². The second-order valence-electron chi connectivity index (χ2n) is 4.17. The highest BCUT2D eigenvalue weighted by molar-refractivity contribution is 5.92. The number of hydrogen-bond donors (Lipinski definition) is 0. The number of hydrogen-bond acceptors (Lipinski definition) is 3. The Kier molecular flexibility index (Phi) is 2.86. The van der Waals surface area contributed by atoms with Gasteiger partial charge in [-0.05, 0) is 30.9 Å². The van der Waals surface area contributed by atoms with E-state index in [2.05, 4.69) is 4.98 Å². The summed E-state index contributed by atoms with van der Waals surface area (Å²) in [5.74, 6) is 0.601. The average Bonchev–Trinajstić information content (AvgIpc) is 3.12. The summed E-state index contributed by atoms with van der Waals surface area (Å²) in [6.07, 6.45) is 3.87. The number of pyridine rings is 1. The predicted octanol–water partition coefficient (Wildman–Crippen LogP) is 1.44. The fraction of sp³-hybridized carbons (Fsp3) is 0.417. The van der Waals surface area contributed by atoms with Gasteiger partial charge in [-0.25, -0.2) is 4.98 Å². The third kappa shape index (κ3) is 2.37. The summed E-state index contributed by atoms with van der Waals surface area (Å²) >= 11 is 0. The van der Waals surface area contributed by atoms with Gasteiger partial charge in [0.25, 0.3) is 5.91 Å². The summed E-state index contributed by atoms with van der Waals surface area (Å²) in [5, 5.41) is 8.62. The molecule has 0 N–H and O–H groups in total. The molecule has 1 amide bonds. The molecule has 0 atom stereocenters. The van der Waals surface area contributed by atoms with Gasteiger partial charge in [-0.15, -0.1) is 0 Å². The minimum Gasteiger partial charge on any atom is -0.340 e. The Morgan fingerprint density at radius 1 is 1.62 bits per heavy atom. The molecule has 2 rings (SSSR count). The van der Waals surface area contributed by atoms with E-state index in [1.807, 2.05) is 6.07 Å². The summed E-state index contributed by atoms with van der Waals surface area (Å²) in [6.45, 7) is 0.806. The number of nitriles is 1. The predicted molar refractivity (Wildman–Crippen MR) is 58.6 cm³/mol. The van der Waals surface area contributed by atoms with Crippen LogP contribution in [0.5, 0.6) is 0 Å². The first-order valence-electron chi connectivity index (χ1n) is 5.32. The molecular weight excluding hydrogens is 202 g/mol. The average molecular weight is 215 g/mol. The van der Waals surface area contributed by atoms with Gasteiger partial charge in [0.05, 0.1) is 5.56 Å². The van der Waals surface area contributed by atoms with Crippen molar-refractivity contribution in [1.82, 2.24) is 9.88 Å². The van der Waals surface area contributed by atoms with Gasteiger partial charge in [0, 0.05) is 19.8 Å². The lowest BCUT2D eigenvalue weighted by Crippen LogP contribution is -2.29. The van der Waals surface area contributed by atoms with Crippen LogP contribution in [0.2, 0.25) is 0 Å². The van der Waals surface area contributed by atoms with Crippen LogP contribution in [-0.4, -0.2) is 29.4 Å². The molecule has 1 aliphatic rings. The number of nitrogens with zero attached hydrogens (tertiary/aromatic N) is 3. The highest BCUT2D eigenvalue weighted by atomic mass is 16.2. The first-order chi connectivity index (χ1) is 7.70. The van der Waals surface area contributed by atoms with Crippen LogP contribution in [-0.2, 0) is 0 Å². The van der Waals surface area contributed by atoms with Crippen LogP contribution in [0.25, 0.3) is 0 Å². The maximum atomic E-state index is 11.9. The van der Waals surface area contributed by atoms with Crippen molar-refractivity contribution in [3.05, 3.63) is 29.6 Å². The molecule has 1 aromatic rings. The van der Waals surface area contributed by atoms with Gasteiger partial charge in [0.2, 0.25) is 0 Å². The van der Waals surface area contributed by atoms with Gasteiger partial charge in [0.1, 0.15) is 11.8 Å². The molecule has 0 bridgehead atoms. The van der Waals surface area contributed by atoms with E-state index in [0.717, 1.165) is 6.54 Å². The fourth-order valence-electron chi connectivity index (χ4n) is 1.55. The van der Waals surface area contributed by atoms with E-state index in [9.17, 15) is 4.79 Å². The Labute approximate surface area is 94.5 Å². The summed E-state index contributed by atoms with van der Waals surface area (Å²) < 4.78 is 0. The SMILES string of the molecule is CN(CC1CC1)C(=O)c1ccc(C#N)cn1. The summed E-state index contributed by atoms with van der Waals surface area (Å²) in [6, 6.07) is 5.19. The minimum absolute atomic E-state index is 0.0728. The number of amides is 1. The lowest BCUT2D eigenvalue weighted by atomic mass is 10.2. The highest BCUT2D eigenvalue weighted by Gasteiger charge is 2.25. The third-order valence-electron chi connectivity index (χ3n) is 2.69. The van der Waals surface area contributed by atoms with Crippen molar-refractivity contribution < 1.29 is 4.79 Å². The van der Waals surface area contributed by atoms with Gasteiger partial charge in [-0.2, -0.15) is 5.26 Å². The Morgan fingerprint density at radius 2 is 2.38 bits per heavy atom. The Hall–Kier alpha value is -1.89. The molecule has 0 aromatic carbocycles. The van der Waals surface area contributed by atoms with Crippen molar-refractivity contribution in [2.45, 2.75) is 12.8 Å². The Morgan fingerprint density at radius 3 is 2.88 bits per heavy atom. The molecule has 1 aromatic heterocycles. The molecule has 0 unspecified atom stereocenters. The van der Waals surface area contributed by atoms with Crippen LogP contribution in [0.3, 0.4) is 0 Å². The number of aromatic nitrogens is 1. The third-order valence-corrected chi connectivity index (χ3v) is 2.69. The molecule has 0 saturated heterocycles. The van der Waals surface area contributed by atoms with Crippen molar-refractivity contribution in [2.75, 3.05) is 13.6 Å². The first kappa shape index (κ1) is 10.6. The Bertz CT molecular complexity index is 429. The number of rotatable bonds is 3. The lowest BCUT2D eigenvalue weighted by Gasteiger charge is -2.15. The van der Waals surface area contributed by atoms with Crippen molar-refractivity contribution in [3.8, 4) is 6.07 Å². The van der Waals surface area contributed by atoms with Gasteiger partial charge < -0.3 is 4.90 Å². The molecular formula is C12H13N3O. The van der Waals surface area contributed by atoms with E-state index in [0.29, 0.717) is 17.2 Å². The molecule has 82 valence electrons. The molecule has 0 radical (unpaired) electrons. The van der Waals surface area contributed by atoms with Crippen molar-refractivity contribution in [1.29, 1.82) is 5.26 Å². The Balaban J connectivity index is 2.04. The molecule has 16 heavy (non-hydrogen) atoms. The number of carbonyl (C=O) groups excluding carboxylic acids is 1. The summed E-state index contributed by atoms with van der Waals surface area (Å²) in [4.78, 5) is 17.6. The monoisotopic (exact) mass is 215 g/mol. The van der Waals surface area contributed by atoms with Crippen LogP contribution in [0.1, 0.15) is 28.9 Å². The normalized spacial score (nSPS) is 14.2. The second kappa shape index (κ2) is 4.31. The van der Waals surface area contributed by atoms with E-state index in [1.54, 1.807) is 24.1 Å². The van der Waals surface area contributed by atoms with Crippen LogP contribution >= 0.6 is 0 Å².